The first-order chi connectivity index (χ1) is 18.8. The van der Waals surface area contributed by atoms with E-state index in [0.29, 0.717) is 16.7 Å². The van der Waals surface area contributed by atoms with Gasteiger partial charge in [-0.3, -0.25) is 9.36 Å². The molecule has 2 N–H and O–H groups in total. The van der Waals surface area contributed by atoms with Crippen molar-refractivity contribution in [2.24, 2.45) is 5.10 Å². The van der Waals surface area contributed by atoms with Crippen LogP contribution in [0, 0.1) is 6.92 Å². The zero-order chi connectivity index (χ0) is 29.1. The van der Waals surface area contributed by atoms with Crippen molar-refractivity contribution in [2.45, 2.75) is 64.5 Å². The van der Waals surface area contributed by atoms with Crippen molar-refractivity contribution in [1.29, 1.82) is 0 Å². The third kappa shape index (κ3) is 6.80. The molecule has 0 aliphatic rings. The number of aromatic hydroxyl groups is 1. The van der Waals surface area contributed by atoms with Gasteiger partial charge in [0.25, 0.3) is 5.91 Å². The average molecular weight is 556 g/mol. The van der Waals surface area contributed by atoms with Crippen LogP contribution in [0.2, 0.25) is 0 Å². The molecule has 0 aliphatic carbocycles. The third-order valence-corrected chi connectivity index (χ3v) is 7.37. The molecule has 8 heteroatoms. The zero-order valence-electron chi connectivity index (χ0n) is 24.2. The Hall–Kier alpha value is -3.91. The molecule has 1 amide bonds. The maximum atomic E-state index is 12.7. The molecule has 3 aromatic carbocycles. The van der Waals surface area contributed by atoms with Gasteiger partial charge in [-0.05, 0) is 47.6 Å². The summed E-state index contributed by atoms with van der Waals surface area (Å²) in [4.78, 5) is 12.7. The first-order valence-electron chi connectivity index (χ1n) is 13.2. The maximum Gasteiger partial charge on any atom is 0.250 e. The largest absolute Gasteiger partial charge is 0.507 e. The summed E-state index contributed by atoms with van der Waals surface area (Å²) in [7, 11) is 0. The van der Waals surface area contributed by atoms with E-state index in [9.17, 15) is 9.90 Å². The van der Waals surface area contributed by atoms with Gasteiger partial charge in [-0.15, -0.1) is 10.2 Å². The van der Waals surface area contributed by atoms with Crippen LogP contribution in [0.1, 0.15) is 63.8 Å². The Kier molecular flexibility index (Phi) is 8.49. The molecule has 0 atom stereocenters. The Morgan fingerprint density at radius 3 is 2.12 bits per heavy atom. The van der Waals surface area contributed by atoms with Gasteiger partial charge in [-0.2, -0.15) is 5.10 Å². The first kappa shape index (κ1) is 29.1. The number of benzene rings is 3. The number of nitrogens with one attached hydrogen (secondary N) is 1. The highest BCUT2D eigenvalue weighted by molar-refractivity contribution is 7.99. The number of carbonyl (C=O) groups is 1. The number of phenolic OH excluding ortho intramolecular Hbond substituents is 1. The Morgan fingerprint density at radius 1 is 0.950 bits per heavy atom. The van der Waals surface area contributed by atoms with Gasteiger partial charge >= 0.3 is 0 Å². The van der Waals surface area contributed by atoms with E-state index in [1.807, 2.05) is 78.2 Å². The number of thioether (sulfide) groups is 1. The van der Waals surface area contributed by atoms with Crippen molar-refractivity contribution >= 4 is 23.9 Å². The number of aromatic nitrogens is 3. The van der Waals surface area contributed by atoms with Crippen molar-refractivity contribution in [2.75, 3.05) is 5.75 Å². The summed E-state index contributed by atoms with van der Waals surface area (Å²) in [5, 5.41) is 24.6. The van der Waals surface area contributed by atoms with E-state index < -0.39 is 0 Å². The van der Waals surface area contributed by atoms with Crippen molar-refractivity contribution < 1.29 is 9.90 Å². The highest BCUT2D eigenvalue weighted by Gasteiger charge is 2.26. The van der Waals surface area contributed by atoms with Crippen molar-refractivity contribution in [3.8, 4) is 22.8 Å². The summed E-state index contributed by atoms with van der Waals surface area (Å²) in [6, 6.07) is 21.8. The molecule has 208 valence electrons. The first-order valence-corrected chi connectivity index (χ1v) is 14.2. The molecular formula is C32H37N5O2S. The second-order valence-electron chi connectivity index (χ2n) is 11.9. The molecule has 0 aliphatic heterocycles. The number of amides is 1. The Balaban J connectivity index is 1.51. The summed E-state index contributed by atoms with van der Waals surface area (Å²) in [6.45, 7) is 14.4. The third-order valence-electron chi connectivity index (χ3n) is 6.44. The maximum absolute atomic E-state index is 12.7. The van der Waals surface area contributed by atoms with Crippen LogP contribution >= 0.6 is 11.8 Å². The van der Waals surface area contributed by atoms with Crippen LogP contribution in [-0.4, -0.2) is 37.7 Å². The Labute approximate surface area is 240 Å². The second kappa shape index (κ2) is 11.7. The van der Waals surface area contributed by atoms with E-state index in [4.69, 9.17) is 0 Å². The smallest absolute Gasteiger partial charge is 0.250 e. The van der Waals surface area contributed by atoms with Gasteiger partial charge in [-0.25, -0.2) is 5.43 Å². The summed E-state index contributed by atoms with van der Waals surface area (Å²) < 4.78 is 1.97. The summed E-state index contributed by atoms with van der Waals surface area (Å²) in [5.74, 6) is 0.880. The molecule has 0 spiro atoms. The predicted octanol–water partition coefficient (Wildman–Crippen LogP) is 6.79. The number of nitrogens with zero attached hydrogens (tertiary/aromatic N) is 4. The Bertz CT molecular complexity index is 1480. The van der Waals surface area contributed by atoms with Crippen LogP contribution in [0.25, 0.3) is 17.1 Å². The second-order valence-corrected chi connectivity index (χ2v) is 12.8. The highest BCUT2D eigenvalue weighted by atomic mass is 32.2. The van der Waals surface area contributed by atoms with Gasteiger partial charge in [0.1, 0.15) is 5.75 Å². The lowest BCUT2D eigenvalue weighted by Gasteiger charge is -2.27. The van der Waals surface area contributed by atoms with E-state index in [-0.39, 0.29) is 22.5 Å². The molecule has 0 saturated heterocycles. The topological polar surface area (TPSA) is 92.4 Å². The fourth-order valence-electron chi connectivity index (χ4n) is 4.28. The van der Waals surface area contributed by atoms with Crippen molar-refractivity contribution in [3.63, 3.8) is 0 Å². The minimum absolute atomic E-state index is 0.117. The summed E-state index contributed by atoms with van der Waals surface area (Å²) >= 11 is 1.30. The molecule has 0 bridgehead atoms. The van der Waals surface area contributed by atoms with Crippen LogP contribution < -0.4 is 5.43 Å². The van der Waals surface area contributed by atoms with Crippen molar-refractivity contribution in [1.82, 2.24) is 20.2 Å². The summed E-state index contributed by atoms with van der Waals surface area (Å²) in [5.41, 5.74) is 7.64. The number of carbonyl (C=O) groups excluding carboxylic acids is 1. The normalized spacial score (nSPS) is 12.2. The lowest BCUT2D eigenvalue weighted by Crippen LogP contribution is -2.20. The quantitative estimate of drug-likeness (QED) is 0.149. The molecule has 1 heterocycles. The van der Waals surface area contributed by atoms with Gasteiger partial charge in [0.15, 0.2) is 11.0 Å². The molecule has 4 rings (SSSR count). The molecule has 0 unspecified atom stereocenters. The van der Waals surface area contributed by atoms with E-state index >= 15 is 0 Å². The van der Waals surface area contributed by atoms with E-state index in [0.717, 1.165) is 33.5 Å². The monoisotopic (exact) mass is 555 g/mol. The molecule has 0 fully saturated rings. The summed E-state index contributed by atoms with van der Waals surface area (Å²) in [6.07, 6.45) is 1.62. The fraction of sp³-hybridized carbons (Fsp3) is 0.312. The van der Waals surface area contributed by atoms with Crippen molar-refractivity contribution in [3.05, 3.63) is 89.0 Å². The van der Waals surface area contributed by atoms with Gasteiger partial charge in [-0.1, -0.05) is 101 Å². The average Bonchev–Trinajstić information content (AvgIpc) is 3.32. The van der Waals surface area contributed by atoms with Gasteiger partial charge in [0.05, 0.1) is 12.0 Å². The number of hydrogen-bond donors (Lipinski definition) is 2. The highest BCUT2D eigenvalue weighted by Crippen LogP contribution is 2.39. The lowest BCUT2D eigenvalue weighted by molar-refractivity contribution is -0.118. The molecular weight excluding hydrogens is 518 g/mol. The van der Waals surface area contributed by atoms with Crippen LogP contribution in [0.4, 0.5) is 0 Å². The lowest BCUT2D eigenvalue weighted by atomic mass is 9.78. The number of phenols is 1. The SMILES string of the molecule is Cc1ccc(-n2c(SCC(=O)NN=Cc3cc(C(C)(C)C)c(O)c(C(C)(C)C)c3)nnc2-c2ccccc2)cc1. The van der Waals surface area contributed by atoms with Crippen LogP contribution in [0.15, 0.2) is 77.0 Å². The molecule has 1 aromatic heterocycles. The minimum Gasteiger partial charge on any atom is -0.507 e. The number of hydrazone groups is 1. The Morgan fingerprint density at radius 2 is 1.55 bits per heavy atom. The molecule has 0 radical (unpaired) electrons. The number of aryl methyl sites for hydroxylation is 1. The van der Waals surface area contributed by atoms with Gasteiger partial charge < -0.3 is 5.11 Å². The van der Waals surface area contributed by atoms with Gasteiger partial charge in [0.2, 0.25) is 0 Å². The van der Waals surface area contributed by atoms with Gasteiger partial charge in [0, 0.05) is 22.4 Å². The zero-order valence-corrected chi connectivity index (χ0v) is 25.0. The van der Waals surface area contributed by atoms with E-state index in [2.05, 4.69) is 62.3 Å². The molecule has 7 nitrogen and oxygen atoms in total. The standard InChI is InChI=1S/C32H37N5O2S/c1-21-13-15-24(16-14-21)37-29(23-11-9-8-10-12-23)35-36-30(37)40-20-27(38)34-33-19-22-17-25(31(2,3)4)28(39)26(18-22)32(5,6)7/h8-19,39H,20H2,1-7H3,(H,34,38). The number of rotatable bonds is 7. The predicted molar refractivity (Wildman–Crippen MR) is 163 cm³/mol. The van der Waals surface area contributed by atoms with E-state index in [1.54, 1.807) is 6.21 Å². The number of hydrogen-bond acceptors (Lipinski definition) is 6. The molecule has 4 aromatic rings. The van der Waals surface area contributed by atoms with E-state index in [1.165, 1.54) is 11.8 Å². The fourth-order valence-corrected chi connectivity index (χ4v) is 5.02. The van der Waals surface area contributed by atoms with Crippen LogP contribution in [0.5, 0.6) is 5.75 Å². The van der Waals surface area contributed by atoms with Crippen LogP contribution in [-0.2, 0) is 15.6 Å². The molecule has 40 heavy (non-hydrogen) atoms. The molecule has 0 saturated carbocycles. The minimum atomic E-state index is -0.258. The van der Waals surface area contributed by atoms with Crippen LogP contribution in [0.3, 0.4) is 0 Å².